The minimum Gasteiger partial charge on any atom is -0.338 e. The van der Waals surface area contributed by atoms with E-state index in [1.807, 2.05) is 87.1 Å². The molecule has 4 nitrogen and oxygen atoms in total. The Morgan fingerprint density at radius 3 is 2.52 bits per heavy atom. The van der Waals surface area contributed by atoms with Crippen LogP contribution in [0.15, 0.2) is 60.7 Å². The van der Waals surface area contributed by atoms with Crippen LogP contribution < -0.4 is 0 Å². The van der Waals surface area contributed by atoms with Crippen LogP contribution in [0.3, 0.4) is 0 Å². The molecule has 0 N–H and O–H groups in total. The lowest BCUT2D eigenvalue weighted by Gasteiger charge is -2.15. The predicted octanol–water partition coefficient (Wildman–Crippen LogP) is 4.47. The molecule has 0 saturated heterocycles. The molecular formula is C23H25N3O. The number of aryl methyl sites for hydroxylation is 2. The number of likely N-dealkylation sites (N-methyl/N-ethyl adjacent to an activating group) is 1. The molecule has 4 heteroatoms. The van der Waals surface area contributed by atoms with E-state index in [2.05, 4.69) is 11.2 Å². The molecule has 0 aliphatic heterocycles. The normalized spacial score (nSPS) is 11.1. The highest BCUT2D eigenvalue weighted by atomic mass is 16.2. The Kier molecular flexibility index (Phi) is 5.55. The molecular weight excluding hydrogens is 334 g/mol. The van der Waals surface area contributed by atoms with Gasteiger partial charge in [0.15, 0.2) is 0 Å². The Morgan fingerprint density at radius 2 is 1.81 bits per heavy atom. The second kappa shape index (κ2) is 8.04. The quantitative estimate of drug-likeness (QED) is 0.631. The number of carbonyl (C=O) groups is 1. The fourth-order valence-corrected chi connectivity index (χ4v) is 3.11. The fourth-order valence-electron chi connectivity index (χ4n) is 3.11. The second-order valence-electron chi connectivity index (χ2n) is 6.84. The number of rotatable bonds is 5. The molecule has 1 heterocycles. The van der Waals surface area contributed by atoms with Crippen molar-refractivity contribution in [1.29, 1.82) is 0 Å². The molecule has 1 amide bonds. The summed E-state index contributed by atoms with van der Waals surface area (Å²) in [5.74, 6) is -0.0252. The molecule has 0 bridgehead atoms. The highest BCUT2D eigenvalue weighted by Gasteiger charge is 2.16. The van der Waals surface area contributed by atoms with Crippen molar-refractivity contribution in [3.05, 3.63) is 88.8 Å². The van der Waals surface area contributed by atoms with E-state index < -0.39 is 0 Å². The maximum atomic E-state index is 12.5. The molecule has 0 radical (unpaired) electrons. The summed E-state index contributed by atoms with van der Waals surface area (Å²) in [6.07, 6.45) is 3.49. The van der Waals surface area contributed by atoms with Crippen molar-refractivity contribution >= 4 is 12.0 Å². The SMILES string of the molecule is Cc1cccc(/C=C/C(=O)N(C)Cc2c(C)nn(-c3ccccc3)c2C)c1. The molecule has 0 atom stereocenters. The minimum absolute atomic E-state index is 0.0252. The van der Waals surface area contributed by atoms with Crippen LogP contribution in [-0.2, 0) is 11.3 Å². The number of aromatic nitrogens is 2. The van der Waals surface area contributed by atoms with Crippen LogP contribution in [0.5, 0.6) is 0 Å². The standard InChI is InChI=1S/C23H25N3O/c1-17-9-8-10-20(15-17)13-14-23(27)25(4)16-22-18(2)24-26(19(22)3)21-11-6-5-7-12-21/h5-15H,16H2,1-4H3/b14-13+. The molecule has 138 valence electrons. The Balaban J connectivity index is 1.75. The van der Waals surface area contributed by atoms with Gasteiger partial charge in [-0.3, -0.25) is 4.79 Å². The van der Waals surface area contributed by atoms with Gasteiger partial charge in [-0.25, -0.2) is 4.68 Å². The Labute approximate surface area is 160 Å². The Hall–Kier alpha value is -3.14. The lowest BCUT2D eigenvalue weighted by molar-refractivity contribution is -0.125. The summed E-state index contributed by atoms with van der Waals surface area (Å²) >= 11 is 0. The Bertz CT molecular complexity index is 971. The van der Waals surface area contributed by atoms with Crippen LogP contribution in [-0.4, -0.2) is 27.6 Å². The van der Waals surface area contributed by atoms with Crippen LogP contribution in [0.4, 0.5) is 0 Å². The molecule has 3 aromatic rings. The average molecular weight is 359 g/mol. The largest absolute Gasteiger partial charge is 0.338 e. The maximum absolute atomic E-state index is 12.5. The summed E-state index contributed by atoms with van der Waals surface area (Å²) in [7, 11) is 1.82. The van der Waals surface area contributed by atoms with Gasteiger partial charge in [0.25, 0.3) is 0 Å². The monoisotopic (exact) mass is 359 g/mol. The van der Waals surface area contributed by atoms with Gasteiger partial charge < -0.3 is 4.90 Å². The Morgan fingerprint density at radius 1 is 1.07 bits per heavy atom. The average Bonchev–Trinajstić information content (AvgIpc) is 2.95. The van der Waals surface area contributed by atoms with Crippen molar-refractivity contribution in [1.82, 2.24) is 14.7 Å². The molecule has 0 unspecified atom stereocenters. The third-order valence-electron chi connectivity index (χ3n) is 4.67. The molecule has 0 aliphatic carbocycles. The second-order valence-corrected chi connectivity index (χ2v) is 6.84. The van der Waals surface area contributed by atoms with E-state index in [0.717, 1.165) is 28.2 Å². The topological polar surface area (TPSA) is 38.1 Å². The summed E-state index contributed by atoms with van der Waals surface area (Å²) in [4.78, 5) is 14.2. The van der Waals surface area contributed by atoms with Crippen LogP contribution in [0, 0.1) is 20.8 Å². The number of hydrogen-bond acceptors (Lipinski definition) is 2. The molecule has 27 heavy (non-hydrogen) atoms. The van der Waals surface area contributed by atoms with Gasteiger partial charge in [0.1, 0.15) is 0 Å². The summed E-state index contributed by atoms with van der Waals surface area (Å²) < 4.78 is 1.94. The van der Waals surface area contributed by atoms with E-state index in [1.165, 1.54) is 5.56 Å². The first-order valence-corrected chi connectivity index (χ1v) is 9.06. The van der Waals surface area contributed by atoms with E-state index in [0.29, 0.717) is 6.54 Å². The third kappa shape index (κ3) is 4.34. The van der Waals surface area contributed by atoms with Gasteiger partial charge in [-0.1, -0.05) is 48.0 Å². The van der Waals surface area contributed by atoms with Crippen molar-refractivity contribution in [2.24, 2.45) is 0 Å². The summed E-state index contributed by atoms with van der Waals surface area (Å²) in [6.45, 7) is 6.61. The smallest absolute Gasteiger partial charge is 0.246 e. The summed E-state index contributed by atoms with van der Waals surface area (Å²) in [5.41, 5.74) is 6.31. The van der Waals surface area contributed by atoms with Gasteiger partial charge in [0.2, 0.25) is 5.91 Å². The van der Waals surface area contributed by atoms with Crippen LogP contribution in [0.1, 0.15) is 28.1 Å². The number of nitrogens with zero attached hydrogens (tertiary/aromatic N) is 3. The van der Waals surface area contributed by atoms with Crippen molar-refractivity contribution < 1.29 is 4.79 Å². The van der Waals surface area contributed by atoms with E-state index in [4.69, 9.17) is 0 Å². The summed E-state index contributed by atoms with van der Waals surface area (Å²) in [5, 5.41) is 4.66. The van der Waals surface area contributed by atoms with Crippen LogP contribution in [0.2, 0.25) is 0 Å². The van der Waals surface area contributed by atoms with Gasteiger partial charge in [0.05, 0.1) is 11.4 Å². The molecule has 0 saturated carbocycles. The number of para-hydroxylation sites is 1. The molecule has 1 aromatic heterocycles. The van der Waals surface area contributed by atoms with Crippen molar-refractivity contribution in [3.63, 3.8) is 0 Å². The zero-order valence-corrected chi connectivity index (χ0v) is 16.3. The van der Waals surface area contributed by atoms with Gasteiger partial charge in [-0.2, -0.15) is 5.10 Å². The van der Waals surface area contributed by atoms with E-state index in [9.17, 15) is 4.79 Å². The van der Waals surface area contributed by atoms with Crippen molar-refractivity contribution in [2.75, 3.05) is 7.05 Å². The first kappa shape index (κ1) is 18.6. The van der Waals surface area contributed by atoms with E-state index >= 15 is 0 Å². The van der Waals surface area contributed by atoms with Gasteiger partial charge in [0, 0.05) is 30.9 Å². The molecule has 2 aromatic carbocycles. The third-order valence-corrected chi connectivity index (χ3v) is 4.67. The van der Waals surface area contributed by atoms with Crippen LogP contribution >= 0.6 is 0 Å². The molecule has 0 fully saturated rings. The van der Waals surface area contributed by atoms with Gasteiger partial charge >= 0.3 is 0 Å². The van der Waals surface area contributed by atoms with Gasteiger partial charge in [-0.05, 0) is 44.5 Å². The highest BCUT2D eigenvalue weighted by molar-refractivity contribution is 5.91. The number of benzene rings is 2. The number of hydrogen-bond donors (Lipinski definition) is 0. The highest BCUT2D eigenvalue weighted by Crippen LogP contribution is 2.19. The van der Waals surface area contributed by atoms with Gasteiger partial charge in [-0.15, -0.1) is 0 Å². The molecule has 0 aliphatic rings. The molecule has 3 rings (SSSR count). The summed E-state index contributed by atoms with van der Waals surface area (Å²) in [6, 6.07) is 18.1. The lowest BCUT2D eigenvalue weighted by atomic mass is 10.1. The first-order chi connectivity index (χ1) is 13.0. The van der Waals surface area contributed by atoms with E-state index in [1.54, 1.807) is 11.0 Å². The van der Waals surface area contributed by atoms with E-state index in [-0.39, 0.29) is 5.91 Å². The lowest BCUT2D eigenvalue weighted by Crippen LogP contribution is -2.24. The van der Waals surface area contributed by atoms with Crippen LogP contribution in [0.25, 0.3) is 11.8 Å². The number of carbonyl (C=O) groups excluding carboxylic acids is 1. The van der Waals surface area contributed by atoms with Crippen molar-refractivity contribution in [2.45, 2.75) is 27.3 Å². The minimum atomic E-state index is -0.0252. The maximum Gasteiger partial charge on any atom is 0.246 e. The zero-order valence-electron chi connectivity index (χ0n) is 16.3. The first-order valence-electron chi connectivity index (χ1n) is 9.06. The predicted molar refractivity (Wildman–Crippen MR) is 110 cm³/mol. The van der Waals surface area contributed by atoms with Crippen molar-refractivity contribution in [3.8, 4) is 5.69 Å². The zero-order chi connectivity index (χ0) is 19.4. The molecule has 0 spiro atoms. The fraction of sp³-hybridized carbons (Fsp3) is 0.217. The number of amides is 1.